The van der Waals surface area contributed by atoms with Gasteiger partial charge in [0.25, 0.3) is 0 Å². The molecule has 0 unspecified atom stereocenters. The van der Waals surface area contributed by atoms with Crippen LogP contribution in [0, 0.1) is 5.92 Å². The van der Waals surface area contributed by atoms with Crippen LogP contribution in [0.1, 0.15) is 19.3 Å². The number of methoxy groups -OCH3 is 2. The lowest BCUT2D eigenvalue weighted by Gasteiger charge is -2.15. The Bertz CT molecular complexity index is 620. The zero-order chi connectivity index (χ0) is 16.8. The smallest absolute Gasteiger partial charge is 0.320 e. The second-order valence-electron chi connectivity index (χ2n) is 5.17. The Hall–Kier alpha value is -2.63. The fourth-order valence-electron chi connectivity index (χ4n) is 2.53. The van der Waals surface area contributed by atoms with E-state index in [2.05, 4.69) is 14.8 Å². The van der Waals surface area contributed by atoms with Gasteiger partial charge in [-0.2, -0.15) is 0 Å². The summed E-state index contributed by atoms with van der Waals surface area (Å²) in [6.07, 6.45) is 0.894. The average molecular weight is 317 g/mol. The van der Waals surface area contributed by atoms with Gasteiger partial charge in [-0.15, -0.1) is 0 Å². The van der Waals surface area contributed by atoms with Crippen molar-refractivity contribution in [3.05, 3.63) is 41.6 Å². The van der Waals surface area contributed by atoms with Gasteiger partial charge in [-0.05, 0) is 18.6 Å². The highest BCUT2D eigenvalue weighted by molar-refractivity contribution is 6.02. The van der Waals surface area contributed by atoms with Gasteiger partial charge >= 0.3 is 11.9 Å². The molecule has 0 fully saturated rings. The fourth-order valence-corrected chi connectivity index (χ4v) is 2.53. The van der Waals surface area contributed by atoms with Crippen molar-refractivity contribution in [1.82, 2.24) is 0 Å². The fraction of sp³-hybridized carbons (Fsp3) is 0.353. The highest BCUT2D eigenvalue weighted by atomic mass is 16.5. The first kappa shape index (κ1) is 16.7. The molecule has 6 heteroatoms. The molecule has 0 amide bonds. The highest BCUT2D eigenvalue weighted by Gasteiger charge is 2.34. The van der Waals surface area contributed by atoms with Gasteiger partial charge in [0.2, 0.25) is 0 Å². The van der Waals surface area contributed by atoms with Crippen molar-refractivity contribution in [2.75, 3.05) is 19.5 Å². The van der Waals surface area contributed by atoms with Crippen molar-refractivity contribution in [3.63, 3.8) is 0 Å². The van der Waals surface area contributed by atoms with Crippen LogP contribution in [0.25, 0.3) is 0 Å². The third-order valence-corrected chi connectivity index (χ3v) is 3.75. The number of Topliss-reactive ketones (excluding diaryl/α,β-unsaturated/α-hetero) is 1. The van der Waals surface area contributed by atoms with Crippen molar-refractivity contribution >= 4 is 23.4 Å². The summed E-state index contributed by atoms with van der Waals surface area (Å²) >= 11 is 0. The van der Waals surface area contributed by atoms with Crippen molar-refractivity contribution in [2.24, 2.45) is 5.92 Å². The molecule has 0 heterocycles. The molecule has 1 aliphatic rings. The number of ketones is 1. The summed E-state index contributed by atoms with van der Waals surface area (Å²) in [6.45, 7) is 0. The first-order chi connectivity index (χ1) is 11.1. The Morgan fingerprint density at radius 1 is 1.09 bits per heavy atom. The second-order valence-corrected chi connectivity index (χ2v) is 5.17. The van der Waals surface area contributed by atoms with E-state index < -0.39 is 17.9 Å². The van der Waals surface area contributed by atoms with Gasteiger partial charge in [-0.25, -0.2) is 0 Å². The van der Waals surface area contributed by atoms with Crippen molar-refractivity contribution in [2.45, 2.75) is 19.3 Å². The number of carbonyl (C=O) groups is 3. The second kappa shape index (κ2) is 7.58. The number of hydrogen-bond donors (Lipinski definition) is 1. The van der Waals surface area contributed by atoms with E-state index in [0.717, 1.165) is 11.4 Å². The first-order valence-electron chi connectivity index (χ1n) is 7.29. The number of rotatable bonds is 6. The summed E-state index contributed by atoms with van der Waals surface area (Å²) in [7, 11) is 2.40. The number of ether oxygens (including phenoxy) is 2. The Morgan fingerprint density at radius 3 is 2.26 bits per heavy atom. The van der Waals surface area contributed by atoms with E-state index in [0.29, 0.717) is 18.4 Å². The molecule has 1 aromatic carbocycles. The van der Waals surface area contributed by atoms with E-state index in [4.69, 9.17) is 0 Å². The molecule has 0 aliphatic heterocycles. The molecule has 0 radical (unpaired) electrons. The molecule has 1 aromatic rings. The monoisotopic (exact) mass is 317 g/mol. The van der Waals surface area contributed by atoms with E-state index in [9.17, 15) is 14.4 Å². The van der Waals surface area contributed by atoms with E-state index in [1.807, 2.05) is 30.3 Å². The minimum absolute atomic E-state index is 0.0205. The van der Waals surface area contributed by atoms with Gasteiger partial charge < -0.3 is 14.8 Å². The molecule has 0 bridgehead atoms. The number of allylic oxidation sites excluding steroid dienone is 2. The van der Waals surface area contributed by atoms with Gasteiger partial charge in [0, 0.05) is 29.8 Å². The van der Waals surface area contributed by atoms with Gasteiger partial charge in [-0.3, -0.25) is 14.4 Å². The molecule has 0 aromatic heterocycles. The van der Waals surface area contributed by atoms with Gasteiger partial charge in [-0.1, -0.05) is 18.2 Å². The maximum Gasteiger partial charge on any atom is 0.320 e. The lowest BCUT2D eigenvalue weighted by atomic mass is 9.97. The van der Waals surface area contributed by atoms with Crippen LogP contribution < -0.4 is 5.32 Å². The maximum atomic E-state index is 12.1. The molecule has 1 N–H and O–H groups in total. The molecule has 1 aliphatic carbocycles. The molecule has 0 spiro atoms. The Morgan fingerprint density at radius 2 is 1.70 bits per heavy atom. The summed E-state index contributed by atoms with van der Waals surface area (Å²) in [5.41, 5.74) is 2.04. The molecule has 23 heavy (non-hydrogen) atoms. The molecule has 0 atom stereocenters. The van der Waals surface area contributed by atoms with E-state index in [1.54, 1.807) is 0 Å². The van der Waals surface area contributed by atoms with Crippen molar-refractivity contribution in [3.8, 4) is 0 Å². The number of esters is 2. The van der Waals surface area contributed by atoms with Gasteiger partial charge in [0.05, 0.1) is 14.2 Å². The lowest BCUT2D eigenvalue weighted by molar-refractivity contribution is -0.158. The van der Waals surface area contributed by atoms with Crippen LogP contribution in [0.4, 0.5) is 5.69 Å². The summed E-state index contributed by atoms with van der Waals surface area (Å²) < 4.78 is 9.28. The largest absolute Gasteiger partial charge is 0.468 e. The van der Waals surface area contributed by atoms with Crippen LogP contribution in [0.2, 0.25) is 0 Å². The lowest BCUT2D eigenvalue weighted by Crippen LogP contribution is -2.28. The highest BCUT2D eigenvalue weighted by Crippen LogP contribution is 2.30. The quantitative estimate of drug-likeness (QED) is 0.639. The minimum atomic E-state index is -1.13. The molecule has 0 saturated heterocycles. The summed E-state index contributed by atoms with van der Waals surface area (Å²) in [5, 5.41) is 3.20. The summed E-state index contributed by atoms with van der Waals surface area (Å²) in [5.74, 6) is -2.61. The van der Waals surface area contributed by atoms with Crippen LogP contribution in [-0.4, -0.2) is 31.9 Å². The van der Waals surface area contributed by atoms with E-state index >= 15 is 0 Å². The predicted octanol–water partition coefficient (Wildman–Crippen LogP) is 2.07. The van der Waals surface area contributed by atoms with Crippen LogP contribution in [-0.2, 0) is 23.9 Å². The first-order valence-corrected chi connectivity index (χ1v) is 7.29. The number of carbonyl (C=O) groups excluding carboxylic acids is 3. The normalized spacial score (nSPS) is 14.1. The minimum Gasteiger partial charge on any atom is -0.468 e. The average Bonchev–Trinajstić information content (AvgIpc) is 2.92. The number of anilines is 1. The van der Waals surface area contributed by atoms with Crippen molar-refractivity contribution < 1.29 is 23.9 Å². The van der Waals surface area contributed by atoms with E-state index in [-0.39, 0.29) is 12.2 Å². The molecule has 122 valence electrons. The molecular weight excluding hydrogens is 298 g/mol. The number of benzene rings is 1. The van der Waals surface area contributed by atoms with Crippen LogP contribution in [0.5, 0.6) is 0 Å². The maximum absolute atomic E-state index is 12.1. The van der Waals surface area contributed by atoms with Crippen LogP contribution in [0.3, 0.4) is 0 Å². The SMILES string of the molecule is COC(=O)C(CC1=C(Nc2ccccc2)CCC1=O)C(=O)OC. The van der Waals surface area contributed by atoms with Gasteiger partial charge in [0.15, 0.2) is 11.7 Å². The Kier molecular flexibility index (Phi) is 5.51. The van der Waals surface area contributed by atoms with E-state index in [1.165, 1.54) is 14.2 Å². The Labute approximate surface area is 134 Å². The molecular formula is C17H19NO5. The number of nitrogens with one attached hydrogen (secondary N) is 1. The Balaban J connectivity index is 2.24. The number of para-hydroxylation sites is 1. The van der Waals surface area contributed by atoms with Crippen LogP contribution >= 0.6 is 0 Å². The third-order valence-electron chi connectivity index (χ3n) is 3.75. The molecule has 2 rings (SSSR count). The molecule has 6 nitrogen and oxygen atoms in total. The topological polar surface area (TPSA) is 81.7 Å². The summed E-state index contributed by atoms with van der Waals surface area (Å²) in [4.78, 5) is 35.7. The van der Waals surface area contributed by atoms with Gasteiger partial charge in [0.1, 0.15) is 0 Å². The van der Waals surface area contributed by atoms with Crippen molar-refractivity contribution in [1.29, 1.82) is 0 Å². The number of hydrogen-bond acceptors (Lipinski definition) is 6. The molecule has 0 saturated carbocycles. The zero-order valence-electron chi connectivity index (χ0n) is 13.1. The predicted molar refractivity (Wildman–Crippen MR) is 83.5 cm³/mol. The standard InChI is InChI=1S/C17H19NO5/c1-22-16(20)13(17(21)23-2)10-12-14(8-9-15(12)19)18-11-6-4-3-5-7-11/h3-7,13,18H,8-10H2,1-2H3. The summed E-state index contributed by atoms with van der Waals surface area (Å²) in [6, 6.07) is 9.41. The van der Waals surface area contributed by atoms with Crippen LogP contribution in [0.15, 0.2) is 41.6 Å². The zero-order valence-corrected chi connectivity index (χ0v) is 13.1. The third kappa shape index (κ3) is 3.97.